The Morgan fingerprint density at radius 3 is 2.45 bits per heavy atom. The molecule has 1 aliphatic carbocycles. The first-order valence-electron chi connectivity index (χ1n) is 7.82. The summed E-state index contributed by atoms with van der Waals surface area (Å²) in [5, 5.41) is 1.18. The van der Waals surface area contributed by atoms with Gasteiger partial charge in [0.15, 0.2) is 0 Å². The predicted octanol–water partition coefficient (Wildman–Crippen LogP) is 4.68. The Hall–Kier alpha value is -0.313. The Morgan fingerprint density at radius 2 is 1.85 bits per heavy atom. The van der Waals surface area contributed by atoms with Crippen molar-refractivity contribution in [3.8, 4) is 0 Å². The Labute approximate surface area is 129 Å². The van der Waals surface area contributed by atoms with Crippen LogP contribution in [-0.4, -0.2) is 13.7 Å². The molecule has 1 fully saturated rings. The number of benzene rings is 1. The third kappa shape index (κ3) is 3.87. The van der Waals surface area contributed by atoms with Crippen LogP contribution in [0.5, 0.6) is 0 Å². The van der Waals surface area contributed by atoms with Gasteiger partial charge in [-0.05, 0) is 42.3 Å². The van der Waals surface area contributed by atoms with Crippen LogP contribution in [0.2, 0.25) is 6.55 Å². The minimum Gasteiger partial charge on any atom is -0.397 e. The van der Waals surface area contributed by atoms with E-state index < -0.39 is 7.63 Å². The first-order valence-corrected chi connectivity index (χ1v) is 11.2. The molecule has 4 atom stereocenters. The van der Waals surface area contributed by atoms with Crippen molar-refractivity contribution in [3.05, 3.63) is 30.3 Å². The summed E-state index contributed by atoms with van der Waals surface area (Å²) >= 11 is 6.83. The van der Waals surface area contributed by atoms with Crippen LogP contribution in [0.1, 0.15) is 40.0 Å². The minimum atomic E-state index is -2.31. The van der Waals surface area contributed by atoms with Crippen molar-refractivity contribution in [2.75, 3.05) is 0 Å². The van der Waals surface area contributed by atoms with Gasteiger partial charge in [0.1, 0.15) is 0 Å². The van der Waals surface area contributed by atoms with E-state index in [-0.39, 0.29) is 0 Å². The smallest absolute Gasteiger partial charge is 0.319 e. The van der Waals surface area contributed by atoms with Crippen LogP contribution in [-0.2, 0) is 4.43 Å². The fraction of sp³-hybridized carbons (Fsp3) is 0.647. The third-order valence-electron chi connectivity index (χ3n) is 4.62. The Balaban J connectivity index is 2.13. The van der Waals surface area contributed by atoms with Crippen LogP contribution in [0, 0.1) is 17.8 Å². The fourth-order valence-corrected chi connectivity index (χ4v) is 5.82. The van der Waals surface area contributed by atoms with E-state index in [1.165, 1.54) is 18.0 Å². The van der Waals surface area contributed by atoms with E-state index in [1.807, 2.05) is 6.07 Å². The number of hydrogen-bond acceptors (Lipinski definition) is 1. The first-order chi connectivity index (χ1) is 9.40. The fourth-order valence-electron chi connectivity index (χ4n) is 3.34. The van der Waals surface area contributed by atoms with Crippen molar-refractivity contribution in [1.82, 2.24) is 0 Å². The summed E-state index contributed by atoms with van der Waals surface area (Å²) in [6, 6.07) is 10.3. The van der Waals surface area contributed by atoms with Crippen LogP contribution in [0.4, 0.5) is 0 Å². The molecule has 0 spiro atoms. The van der Waals surface area contributed by atoms with Crippen molar-refractivity contribution >= 4 is 23.9 Å². The summed E-state index contributed by atoms with van der Waals surface area (Å²) in [5.74, 6) is 2.08. The zero-order chi connectivity index (χ0) is 14.8. The van der Waals surface area contributed by atoms with Gasteiger partial charge >= 0.3 is 7.63 Å². The van der Waals surface area contributed by atoms with Crippen molar-refractivity contribution < 1.29 is 4.43 Å². The lowest BCUT2D eigenvalue weighted by Crippen LogP contribution is -2.49. The standard InChI is InChI=1S/C17H27ClOSi/c1-13(2)16-11-10-14(3)12-17(16)19-20(4,18)15-8-6-5-7-9-15/h5-9,13-14,16-17H,10-12H2,1-4H3. The van der Waals surface area contributed by atoms with E-state index in [0.717, 1.165) is 12.3 Å². The van der Waals surface area contributed by atoms with Gasteiger partial charge in [0.05, 0.1) is 0 Å². The molecule has 0 aromatic heterocycles. The van der Waals surface area contributed by atoms with Crippen molar-refractivity contribution in [2.24, 2.45) is 17.8 Å². The second kappa shape index (κ2) is 6.63. The van der Waals surface area contributed by atoms with Crippen LogP contribution in [0.15, 0.2) is 30.3 Å². The van der Waals surface area contributed by atoms with Gasteiger partial charge in [0, 0.05) is 6.10 Å². The van der Waals surface area contributed by atoms with Crippen LogP contribution < -0.4 is 5.19 Å². The average Bonchev–Trinajstić information content (AvgIpc) is 2.39. The summed E-state index contributed by atoms with van der Waals surface area (Å²) in [6.45, 7) is 9.07. The maximum absolute atomic E-state index is 6.83. The molecule has 4 unspecified atom stereocenters. The predicted molar refractivity (Wildman–Crippen MR) is 89.8 cm³/mol. The molecule has 112 valence electrons. The molecule has 1 nitrogen and oxygen atoms in total. The third-order valence-corrected chi connectivity index (χ3v) is 7.66. The van der Waals surface area contributed by atoms with Gasteiger partial charge in [-0.1, -0.05) is 57.5 Å². The van der Waals surface area contributed by atoms with Gasteiger partial charge in [0.25, 0.3) is 0 Å². The molecule has 0 aliphatic heterocycles. The van der Waals surface area contributed by atoms with Gasteiger partial charge in [-0.2, -0.15) is 0 Å². The lowest BCUT2D eigenvalue weighted by Gasteiger charge is -2.40. The van der Waals surface area contributed by atoms with E-state index in [2.05, 4.69) is 51.6 Å². The quantitative estimate of drug-likeness (QED) is 0.579. The van der Waals surface area contributed by atoms with Gasteiger partial charge in [-0.3, -0.25) is 0 Å². The summed E-state index contributed by atoms with van der Waals surface area (Å²) in [6.07, 6.45) is 4.09. The van der Waals surface area contributed by atoms with E-state index in [0.29, 0.717) is 17.9 Å². The molecule has 0 amide bonds. The summed E-state index contributed by atoms with van der Waals surface area (Å²) in [4.78, 5) is 0. The molecule has 0 N–H and O–H groups in total. The van der Waals surface area contributed by atoms with Crippen LogP contribution in [0.25, 0.3) is 0 Å². The van der Waals surface area contributed by atoms with Crippen LogP contribution in [0.3, 0.4) is 0 Å². The number of hydrogen-bond donors (Lipinski definition) is 0. The highest BCUT2D eigenvalue weighted by atomic mass is 35.6. The molecule has 1 aliphatic rings. The second-order valence-electron chi connectivity index (χ2n) is 6.77. The molecule has 0 saturated heterocycles. The highest BCUT2D eigenvalue weighted by Crippen LogP contribution is 2.37. The zero-order valence-electron chi connectivity index (χ0n) is 13.1. The molecule has 0 bridgehead atoms. The Morgan fingerprint density at radius 1 is 1.20 bits per heavy atom. The Bertz CT molecular complexity index is 418. The Kier molecular flexibility index (Phi) is 5.33. The van der Waals surface area contributed by atoms with Crippen molar-refractivity contribution in [1.29, 1.82) is 0 Å². The van der Waals surface area contributed by atoms with E-state index in [4.69, 9.17) is 15.5 Å². The zero-order valence-corrected chi connectivity index (χ0v) is 14.9. The van der Waals surface area contributed by atoms with E-state index in [9.17, 15) is 0 Å². The molecule has 1 saturated carbocycles. The topological polar surface area (TPSA) is 9.23 Å². The van der Waals surface area contributed by atoms with E-state index >= 15 is 0 Å². The average molecular weight is 311 g/mol. The van der Waals surface area contributed by atoms with Gasteiger partial charge in [0.2, 0.25) is 0 Å². The summed E-state index contributed by atoms with van der Waals surface area (Å²) in [5.41, 5.74) is 0. The first kappa shape index (κ1) is 16.1. The lowest BCUT2D eigenvalue weighted by molar-refractivity contribution is 0.0444. The molecule has 1 aromatic rings. The molecular weight excluding hydrogens is 284 g/mol. The maximum atomic E-state index is 6.83. The second-order valence-corrected chi connectivity index (χ2v) is 11.6. The van der Waals surface area contributed by atoms with Crippen LogP contribution >= 0.6 is 11.1 Å². The van der Waals surface area contributed by atoms with Crippen molar-refractivity contribution in [3.63, 3.8) is 0 Å². The summed E-state index contributed by atoms with van der Waals surface area (Å²) in [7, 11) is -2.31. The van der Waals surface area contributed by atoms with Gasteiger partial charge < -0.3 is 4.43 Å². The molecule has 2 rings (SSSR count). The highest BCUT2D eigenvalue weighted by Gasteiger charge is 2.38. The lowest BCUT2D eigenvalue weighted by atomic mass is 9.75. The maximum Gasteiger partial charge on any atom is 0.319 e. The summed E-state index contributed by atoms with van der Waals surface area (Å²) < 4.78 is 6.51. The van der Waals surface area contributed by atoms with Crippen molar-refractivity contribution in [2.45, 2.75) is 52.7 Å². The monoisotopic (exact) mass is 310 g/mol. The highest BCUT2D eigenvalue weighted by molar-refractivity contribution is 7.23. The molecule has 0 radical (unpaired) electrons. The molecular formula is C17H27ClOSi. The van der Waals surface area contributed by atoms with Gasteiger partial charge in [-0.15, -0.1) is 11.1 Å². The minimum absolute atomic E-state index is 0.327. The molecule has 3 heteroatoms. The number of halogens is 1. The largest absolute Gasteiger partial charge is 0.397 e. The SMILES string of the molecule is CC1CCC(C(C)C)C(O[Si](C)(Cl)c2ccccc2)C1. The molecule has 0 heterocycles. The molecule has 20 heavy (non-hydrogen) atoms. The number of rotatable bonds is 4. The normalized spacial score (nSPS) is 30.2. The molecule has 1 aromatic carbocycles. The van der Waals surface area contributed by atoms with Gasteiger partial charge in [-0.25, -0.2) is 0 Å². The van der Waals surface area contributed by atoms with E-state index in [1.54, 1.807) is 0 Å².